The van der Waals surface area contributed by atoms with Gasteiger partial charge in [0.25, 0.3) is 5.91 Å². The van der Waals surface area contributed by atoms with Crippen LogP contribution in [0.25, 0.3) is 0 Å². The van der Waals surface area contributed by atoms with Crippen LogP contribution in [0.15, 0.2) is 36.5 Å². The van der Waals surface area contributed by atoms with Crippen LogP contribution in [0.4, 0.5) is 5.69 Å². The molecule has 1 heterocycles. The second-order valence-electron chi connectivity index (χ2n) is 4.53. The summed E-state index contributed by atoms with van der Waals surface area (Å²) in [5.74, 6) is 0.650. The van der Waals surface area contributed by atoms with Gasteiger partial charge < -0.3 is 10.1 Å². The normalized spacial score (nSPS) is 10.2. The maximum Gasteiger partial charge on any atom is 0.257 e. The Bertz CT molecular complexity index is 627. The summed E-state index contributed by atoms with van der Waals surface area (Å²) >= 11 is 3.43. The summed E-state index contributed by atoms with van der Waals surface area (Å²) in [6.07, 6.45) is 1.57. The number of ether oxygens (including phenoxy) is 1. The van der Waals surface area contributed by atoms with Gasteiger partial charge in [-0.3, -0.25) is 9.78 Å². The summed E-state index contributed by atoms with van der Waals surface area (Å²) < 4.78 is 5.53. The van der Waals surface area contributed by atoms with Crippen LogP contribution < -0.4 is 10.1 Å². The van der Waals surface area contributed by atoms with E-state index in [4.69, 9.17) is 4.74 Å². The molecule has 0 unspecified atom stereocenters. The minimum Gasteiger partial charge on any atom is -0.494 e. The van der Waals surface area contributed by atoms with Crippen molar-refractivity contribution < 1.29 is 9.53 Å². The number of rotatable bonds is 5. The molecule has 1 amide bonds. The SMILES string of the molecule is CCOc1ccc(NC(=O)c2ccc(C)nc2)cc1CBr. The van der Waals surface area contributed by atoms with Crippen molar-refractivity contribution in [1.29, 1.82) is 0 Å². The van der Waals surface area contributed by atoms with Gasteiger partial charge in [-0.25, -0.2) is 0 Å². The Hall–Kier alpha value is -1.88. The fraction of sp³-hybridized carbons (Fsp3) is 0.250. The summed E-state index contributed by atoms with van der Waals surface area (Å²) in [6, 6.07) is 9.17. The average molecular weight is 349 g/mol. The molecular weight excluding hydrogens is 332 g/mol. The van der Waals surface area contributed by atoms with Gasteiger partial charge in [0.2, 0.25) is 0 Å². The van der Waals surface area contributed by atoms with Crippen molar-refractivity contribution in [2.75, 3.05) is 11.9 Å². The highest BCUT2D eigenvalue weighted by atomic mass is 79.9. The molecule has 0 saturated heterocycles. The van der Waals surface area contributed by atoms with Crippen molar-refractivity contribution in [1.82, 2.24) is 4.98 Å². The van der Waals surface area contributed by atoms with Crippen LogP contribution >= 0.6 is 15.9 Å². The number of alkyl halides is 1. The number of carbonyl (C=O) groups excluding carboxylic acids is 1. The fourth-order valence-corrected chi connectivity index (χ4v) is 2.30. The first-order chi connectivity index (χ1) is 10.1. The van der Waals surface area contributed by atoms with E-state index in [0.717, 1.165) is 22.7 Å². The third-order valence-electron chi connectivity index (χ3n) is 2.94. The third-order valence-corrected chi connectivity index (χ3v) is 3.54. The topological polar surface area (TPSA) is 51.2 Å². The minimum absolute atomic E-state index is 0.174. The Kier molecular flexibility index (Phi) is 5.33. The van der Waals surface area contributed by atoms with E-state index in [-0.39, 0.29) is 5.91 Å². The van der Waals surface area contributed by atoms with Gasteiger partial charge in [0, 0.05) is 28.5 Å². The van der Waals surface area contributed by atoms with Crippen molar-refractivity contribution in [3.63, 3.8) is 0 Å². The lowest BCUT2D eigenvalue weighted by Crippen LogP contribution is -2.12. The number of hydrogen-bond acceptors (Lipinski definition) is 3. The number of anilines is 1. The molecule has 0 fully saturated rings. The van der Waals surface area contributed by atoms with Crippen molar-refractivity contribution in [2.45, 2.75) is 19.2 Å². The first kappa shape index (κ1) is 15.5. The Morgan fingerprint density at radius 1 is 1.33 bits per heavy atom. The van der Waals surface area contributed by atoms with Crippen LogP contribution in [-0.2, 0) is 5.33 Å². The van der Waals surface area contributed by atoms with Crippen LogP contribution in [0, 0.1) is 6.92 Å². The van der Waals surface area contributed by atoms with E-state index in [0.29, 0.717) is 17.5 Å². The van der Waals surface area contributed by atoms with Crippen molar-refractivity contribution in [3.05, 3.63) is 53.3 Å². The van der Waals surface area contributed by atoms with E-state index in [1.165, 1.54) is 0 Å². The number of aryl methyl sites for hydroxylation is 1. The third kappa shape index (κ3) is 4.04. The predicted molar refractivity (Wildman–Crippen MR) is 87.2 cm³/mol. The summed E-state index contributed by atoms with van der Waals surface area (Å²) in [5, 5.41) is 3.53. The Balaban J connectivity index is 2.15. The second-order valence-corrected chi connectivity index (χ2v) is 5.09. The number of carbonyl (C=O) groups is 1. The predicted octanol–water partition coefficient (Wildman–Crippen LogP) is 3.94. The highest BCUT2D eigenvalue weighted by Gasteiger charge is 2.09. The molecule has 0 aliphatic rings. The van der Waals surface area contributed by atoms with Crippen molar-refractivity contribution in [2.24, 2.45) is 0 Å². The summed E-state index contributed by atoms with van der Waals surface area (Å²) in [5.41, 5.74) is 3.15. The maximum atomic E-state index is 12.1. The highest BCUT2D eigenvalue weighted by molar-refractivity contribution is 9.08. The first-order valence-electron chi connectivity index (χ1n) is 6.69. The van der Waals surface area contributed by atoms with E-state index in [1.54, 1.807) is 12.3 Å². The van der Waals surface area contributed by atoms with Gasteiger partial charge in [0.15, 0.2) is 0 Å². The van der Waals surface area contributed by atoms with Gasteiger partial charge in [-0.2, -0.15) is 0 Å². The molecule has 2 rings (SSSR count). The molecule has 4 nitrogen and oxygen atoms in total. The number of nitrogens with zero attached hydrogens (tertiary/aromatic N) is 1. The number of hydrogen-bond donors (Lipinski definition) is 1. The average Bonchev–Trinajstić information content (AvgIpc) is 2.49. The molecule has 0 bridgehead atoms. The van der Waals surface area contributed by atoms with E-state index < -0.39 is 0 Å². The molecule has 0 radical (unpaired) electrons. The molecule has 110 valence electrons. The number of halogens is 1. The maximum absolute atomic E-state index is 12.1. The van der Waals surface area contributed by atoms with E-state index >= 15 is 0 Å². The highest BCUT2D eigenvalue weighted by Crippen LogP contribution is 2.25. The zero-order chi connectivity index (χ0) is 15.2. The van der Waals surface area contributed by atoms with Crippen LogP contribution in [0.5, 0.6) is 5.75 Å². The van der Waals surface area contributed by atoms with Gasteiger partial charge in [0.1, 0.15) is 5.75 Å². The molecule has 1 aromatic carbocycles. The zero-order valence-electron chi connectivity index (χ0n) is 12.0. The van der Waals surface area contributed by atoms with E-state index in [1.807, 2.05) is 38.1 Å². The van der Waals surface area contributed by atoms with Crippen LogP contribution in [0.2, 0.25) is 0 Å². The molecule has 21 heavy (non-hydrogen) atoms. The lowest BCUT2D eigenvalue weighted by atomic mass is 10.2. The Morgan fingerprint density at radius 2 is 2.14 bits per heavy atom. The monoisotopic (exact) mass is 348 g/mol. The quantitative estimate of drug-likeness (QED) is 0.832. The Morgan fingerprint density at radius 3 is 2.76 bits per heavy atom. The molecule has 0 atom stereocenters. The zero-order valence-corrected chi connectivity index (χ0v) is 13.6. The van der Waals surface area contributed by atoms with E-state index in [9.17, 15) is 4.79 Å². The minimum atomic E-state index is -0.174. The number of pyridine rings is 1. The van der Waals surface area contributed by atoms with Gasteiger partial charge >= 0.3 is 0 Å². The molecule has 0 aliphatic carbocycles. The molecule has 0 aliphatic heterocycles. The van der Waals surface area contributed by atoms with Crippen LogP contribution in [0.1, 0.15) is 28.5 Å². The lowest BCUT2D eigenvalue weighted by molar-refractivity contribution is 0.102. The smallest absolute Gasteiger partial charge is 0.257 e. The molecular formula is C16H17BrN2O2. The number of amides is 1. The van der Waals surface area contributed by atoms with Gasteiger partial charge in [0.05, 0.1) is 12.2 Å². The van der Waals surface area contributed by atoms with Crippen LogP contribution in [0.3, 0.4) is 0 Å². The molecule has 1 N–H and O–H groups in total. The molecule has 5 heteroatoms. The molecule has 2 aromatic rings. The second kappa shape index (κ2) is 7.22. The van der Waals surface area contributed by atoms with Crippen LogP contribution in [-0.4, -0.2) is 17.5 Å². The first-order valence-corrected chi connectivity index (χ1v) is 7.82. The molecule has 0 saturated carbocycles. The molecule has 1 aromatic heterocycles. The van der Waals surface area contributed by atoms with Gasteiger partial charge in [-0.05, 0) is 44.2 Å². The van der Waals surface area contributed by atoms with E-state index in [2.05, 4.69) is 26.2 Å². The molecule has 0 spiro atoms. The number of nitrogens with one attached hydrogen (secondary N) is 1. The Labute approximate surface area is 132 Å². The van der Waals surface area contributed by atoms with Crippen molar-refractivity contribution >= 4 is 27.5 Å². The van der Waals surface area contributed by atoms with Gasteiger partial charge in [-0.1, -0.05) is 15.9 Å². The fourth-order valence-electron chi connectivity index (χ4n) is 1.86. The van der Waals surface area contributed by atoms with Crippen molar-refractivity contribution in [3.8, 4) is 5.75 Å². The lowest BCUT2D eigenvalue weighted by Gasteiger charge is -2.11. The number of aromatic nitrogens is 1. The summed E-state index contributed by atoms with van der Waals surface area (Å²) in [7, 11) is 0. The standard InChI is InChI=1S/C16H17BrN2O2/c1-3-21-15-7-6-14(8-13(15)9-17)19-16(20)12-5-4-11(2)18-10-12/h4-8,10H,3,9H2,1-2H3,(H,19,20). The van der Waals surface area contributed by atoms with Gasteiger partial charge in [-0.15, -0.1) is 0 Å². The summed E-state index contributed by atoms with van der Waals surface area (Å²) in [4.78, 5) is 16.3. The summed E-state index contributed by atoms with van der Waals surface area (Å²) in [6.45, 7) is 4.44. The largest absolute Gasteiger partial charge is 0.494 e. The number of benzene rings is 1.